The Hall–Kier alpha value is -2.80. The Labute approximate surface area is 178 Å². The Morgan fingerprint density at radius 2 is 1.90 bits per heavy atom. The first kappa shape index (κ1) is 20.9. The van der Waals surface area contributed by atoms with E-state index in [9.17, 15) is 9.59 Å². The number of amides is 2. The highest BCUT2D eigenvalue weighted by Gasteiger charge is 2.35. The molecule has 0 aliphatic carbocycles. The van der Waals surface area contributed by atoms with Crippen LogP contribution in [0.25, 0.3) is 5.70 Å². The normalized spacial score (nSPS) is 16.3. The number of halogens is 1. The summed E-state index contributed by atoms with van der Waals surface area (Å²) in [5.74, 6) is 0.205. The summed E-state index contributed by atoms with van der Waals surface area (Å²) >= 11 is 3.50. The van der Waals surface area contributed by atoms with Gasteiger partial charge in [-0.15, -0.1) is 0 Å². The van der Waals surface area contributed by atoms with Gasteiger partial charge in [-0.1, -0.05) is 36.4 Å². The zero-order valence-corrected chi connectivity index (χ0v) is 18.1. The average molecular weight is 459 g/mol. The summed E-state index contributed by atoms with van der Waals surface area (Å²) in [5, 5.41) is 5.62. The molecule has 6 nitrogen and oxygen atoms in total. The Balaban J connectivity index is 2.14. The van der Waals surface area contributed by atoms with Crippen molar-refractivity contribution < 1.29 is 19.1 Å². The van der Waals surface area contributed by atoms with E-state index in [1.54, 1.807) is 13.8 Å². The van der Waals surface area contributed by atoms with Gasteiger partial charge in [-0.05, 0) is 60.0 Å². The van der Waals surface area contributed by atoms with E-state index in [2.05, 4.69) is 26.6 Å². The minimum atomic E-state index is -0.669. The maximum absolute atomic E-state index is 13.0. The van der Waals surface area contributed by atoms with Crippen LogP contribution in [0, 0.1) is 0 Å². The number of benzene rings is 2. The topological polar surface area (TPSA) is 76.7 Å². The molecule has 2 N–H and O–H groups in total. The van der Waals surface area contributed by atoms with E-state index in [0.29, 0.717) is 23.6 Å². The molecule has 0 bridgehead atoms. The van der Waals surface area contributed by atoms with Gasteiger partial charge >= 0.3 is 12.0 Å². The molecule has 0 spiro atoms. The molecule has 7 heteroatoms. The number of ether oxygens (including phenoxy) is 2. The van der Waals surface area contributed by atoms with Crippen LogP contribution in [0.5, 0.6) is 5.75 Å². The monoisotopic (exact) mass is 458 g/mol. The molecule has 1 aliphatic rings. The van der Waals surface area contributed by atoms with E-state index in [0.717, 1.165) is 15.6 Å². The number of rotatable bonds is 6. The smallest absolute Gasteiger partial charge is 0.338 e. The zero-order valence-electron chi connectivity index (χ0n) is 16.5. The lowest BCUT2D eigenvalue weighted by molar-refractivity contribution is -0.143. The summed E-state index contributed by atoms with van der Waals surface area (Å²) < 4.78 is 11.8. The molecule has 152 valence electrons. The first-order valence-corrected chi connectivity index (χ1v) is 10.2. The summed E-state index contributed by atoms with van der Waals surface area (Å²) in [6, 6.07) is 13.7. The molecule has 3 rings (SSSR count). The second-order valence-corrected chi connectivity index (χ2v) is 7.62. The molecule has 1 unspecified atom stereocenters. The second-order valence-electron chi connectivity index (χ2n) is 6.76. The first-order chi connectivity index (χ1) is 13.9. The lowest BCUT2D eigenvalue weighted by atomic mass is 9.92. The van der Waals surface area contributed by atoms with Crippen LogP contribution >= 0.6 is 15.9 Å². The molecule has 1 atom stereocenters. The largest absolute Gasteiger partial charge is 0.493 e. The lowest BCUT2D eigenvalue weighted by Crippen LogP contribution is -2.45. The third-order valence-electron chi connectivity index (χ3n) is 4.29. The van der Waals surface area contributed by atoms with Crippen LogP contribution in [0.2, 0.25) is 0 Å². The minimum absolute atomic E-state index is 0.294. The van der Waals surface area contributed by atoms with E-state index < -0.39 is 12.0 Å². The summed E-state index contributed by atoms with van der Waals surface area (Å²) in [7, 11) is 0. The molecule has 2 aromatic rings. The van der Waals surface area contributed by atoms with Crippen LogP contribution in [-0.4, -0.2) is 24.7 Å². The summed E-state index contributed by atoms with van der Waals surface area (Å²) in [6.07, 6.45) is -0.294. The van der Waals surface area contributed by atoms with Gasteiger partial charge in [-0.3, -0.25) is 0 Å². The summed E-state index contributed by atoms with van der Waals surface area (Å²) in [6.45, 7) is 6.02. The third kappa shape index (κ3) is 4.79. The lowest BCUT2D eigenvalue weighted by Gasteiger charge is -2.30. The van der Waals surface area contributed by atoms with Crippen LogP contribution in [0.4, 0.5) is 4.79 Å². The van der Waals surface area contributed by atoms with Crippen LogP contribution in [0.1, 0.15) is 37.9 Å². The van der Waals surface area contributed by atoms with Crippen molar-refractivity contribution >= 4 is 33.6 Å². The Morgan fingerprint density at radius 3 is 2.52 bits per heavy atom. The number of nitrogens with one attached hydrogen (secondary N) is 2. The number of carbonyl (C=O) groups is 2. The average Bonchev–Trinajstić information content (AvgIpc) is 2.69. The van der Waals surface area contributed by atoms with Crippen molar-refractivity contribution in [2.24, 2.45) is 0 Å². The Kier molecular flexibility index (Phi) is 6.59. The van der Waals surface area contributed by atoms with Crippen molar-refractivity contribution in [3.63, 3.8) is 0 Å². The molecular weight excluding hydrogens is 436 g/mol. The van der Waals surface area contributed by atoms with Gasteiger partial charge < -0.3 is 20.1 Å². The fourth-order valence-electron chi connectivity index (χ4n) is 3.11. The van der Waals surface area contributed by atoms with Crippen molar-refractivity contribution in [3.05, 3.63) is 69.7 Å². The predicted octanol–water partition coefficient (Wildman–Crippen LogP) is 4.56. The standard InChI is InChI=1S/C22H23BrN2O4/c1-4-28-17-11-10-15(12-16(17)23)20-18(21(26)29-13(2)3)19(24-22(27)25-20)14-8-6-5-7-9-14/h5-13,20H,4H2,1-3H3,(H2,24,25,27). The van der Waals surface area contributed by atoms with Gasteiger partial charge in [0.2, 0.25) is 0 Å². The number of carbonyl (C=O) groups excluding carboxylic acids is 2. The highest BCUT2D eigenvalue weighted by Crippen LogP contribution is 2.35. The SMILES string of the molecule is CCOc1ccc(C2NC(=O)NC(c3ccccc3)=C2C(=O)OC(C)C)cc1Br. The quantitative estimate of drug-likeness (QED) is 0.621. The van der Waals surface area contributed by atoms with Gasteiger partial charge in [-0.25, -0.2) is 9.59 Å². The molecule has 1 heterocycles. The van der Waals surface area contributed by atoms with Crippen molar-refractivity contribution in [2.45, 2.75) is 32.9 Å². The Bertz CT molecular complexity index is 941. The molecule has 2 aromatic carbocycles. The van der Waals surface area contributed by atoms with Gasteiger partial charge in [0, 0.05) is 0 Å². The number of esters is 1. The van der Waals surface area contributed by atoms with Crippen molar-refractivity contribution in [1.82, 2.24) is 10.6 Å². The molecule has 0 fully saturated rings. The molecule has 0 aromatic heterocycles. The van der Waals surface area contributed by atoms with E-state index >= 15 is 0 Å². The Morgan fingerprint density at radius 1 is 1.17 bits per heavy atom. The van der Waals surface area contributed by atoms with Crippen LogP contribution in [0.3, 0.4) is 0 Å². The molecule has 2 amide bonds. The molecular formula is C22H23BrN2O4. The van der Waals surface area contributed by atoms with E-state index in [4.69, 9.17) is 9.47 Å². The predicted molar refractivity (Wildman–Crippen MR) is 114 cm³/mol. The van der Waals surface area contributed by atoms with Crippen LogP contribution < -0.4 is 15.4 Å². The second kappa shape index (κ2) is 9.13. The van der Waals surface area contributed by atoms with E-state index in [-0.39, 0.29) is 12.1 Å². The van der Waals surface area contributed by atoms with E-state index in [1.165, 1.54) is 0 Å². The van der Waals surface area contributed by atoms with Gasteiger partial charge in [0.25, 0.3) is 0 Å². The molecule has 0 saturated carbocycles. The fourth-order valence-corrected chi connectivity index (χ4v) is 3.62. The summed E-state index contributed by atoms with van der Waals surface area (Å²) in [5.41, 5.74) is 2.25. The third-order valence-corrected chi connectivity index (χ3v) is 4.91. The molecule has 29 heavy (non-hydrogen) atoms. The van der Waals surface area contributed by atoms with Gasteiger partial charge in [0.05, 0.1) is 34.5 Å². The maximum Gasteiger partial charge on any atom is 0.338 e. The molecule has 1 aliphatic heterocycles. The number of hydrogen-bond acceptors (Lipinski definition) is 4. The van der Waals surface area contributed by atoms with Gasteiger partial charge in [0.1, 0.15) is 5.75 Å². The fraction of sp³-hybridized carbons (Fsp3) is 0.273. The maximum atomic E-state index is 13.0. The number of urea groups is 1. The highest BCUT2D eigenvalue weighted by molar-refractivity contribution is 9.10. The van der Waals surface area contributed by atoms with Crippen molar-refractivity contribution in [2.75, 3.05) is 6.61 Å². The van der Waals surface area contributed by atoms with Crippen LogP contribution in [0.15, 0.2) is 58.6 Å². The van der Waals surface area contributed by atoms with Gasteiger partial charge in [0.15, 0.2) is 0 Å². The van der Waals surface area contributed by atoms with E-state index in [1.807, 2.05) is 55.5 Å². The van der Waals surface area contributed by atoms with Gasteiger partial charge in [-0.2, -0.15) is 0 Å². The molecule has 0 saturated heterocycles. The number of hydrogen-bond donors (Lipinski definition) is 2. The van der Waals surface area contributed by atoms with Crippen molar-refractivity contribution in [3.8, 4) is 5.75 Å². The van der Waals surface area contributed by atoms with Crippen molar-refractivity contribution in [1.29, 1.82) is 0 Å². The first-order valence-electron chi connectivity index (χ1n) is 9.41. The van der Waals surface area contributed by atoms with Crippen LogP contribution in [-0.2, 0) is 9.53 Å². The molecule has 0 radical (unpaired) electrons. The summed E-state index contributed by atoms with van der Waals surface area (Å²) in [4.78, 5) is 25.5. The zero-order chi connectivity index (χ0) is 21.0. The highest BCUT2D eigenvalue weighted by atomic mass is 79.9. The minimum Gasteiger partial charge on any atom is -0.493 e.